The number of hydrogen-bond donors (Lipinski definition) is 1. The van der Waals surface area contributed by atoms with E-state index in [9.17, 15) is 9.90 Å². The van der Waals surface area contributed by atoms with Gasteiger partial charge in [0.15, 0.2) is 0 Å². The van der Waals surface area contributed by atoms with Crippen molar-refractivity contribution in [1.82, 2.24) is 0 Å². The predicted octanol–water partition coefficient (Wildman–Crippen LogP) is 2.55. The Bertz CT molecular complexity index is 281. The van der Waals surface area contributed by atoms with Gasteiger partial charge in [-0.15, -0.1) is 0 Å². The molecule has 2 heteroatoms. The summed E-state index contributed by atoms with van der Waals surface area (Å²) in [6.07, 6.45) is 2.29. The van der Waals surface area contributed by atoms with Gasteiger partial charge in [-0.3, -0.25) is 4.79 Å². The molecular formula is C13H22O2. The molecule has 0 heterocycles. The van der Waals surface area contributed by atoms with E-state index in [-0.39, 0.29) is 11.2 Å². The Morgan fingerprint density at radius 1 is 1.33 bits per heavy atom. The van der Waals surface area contributed by atoms with Crippen LogP contribution in [0, 0.1) is 17.3 Å². The second-order valence-corrected chi connectivity index (χ2v) is 4.65. The first kappa shape index (κ1) is 14.2. The van der Waals surface area contributed by atoms with Crippen molar-refractivity contribution in [1.29, 1.82) is 0 Å². The van der Waals surface area contributed by atoms with E-state index in [2.05, 4.69) is 11.8 Å². The number of aliphatic hydroxyl groups is 1. The van der Waals surface area contributed by atoms with Crippen LogP contribution in [0.4, 0.5) is 0 Å². The van der Waals surface area contributed by atoms with Crippen molar-refractivity contribution in [2.24, 2.45) is 5.41 Å². The Hall–Kier alpha value is -0.810. The van der Waals surface area contributed by atoms with Gasteiger partial charge in [-0.2, -0.15) is 0 Å². The molecule has 0 aliphatic carbocycles. The fourth-order valence-corrected chi connectivity index (χ4v) is 1.42. The summed E-state index contributed by atoms with van der Waals surface area (Å²) in [5, 5.41) is 10.5. The van der Waals surface area contributed by atoms with Gasteiger partial charge in [-0.25, -0.2) is 0 Å². The monoisotopic (exact) mass is 210 g/mol. The van der Waals surface area contributed by atoms with Gasteiger partial charge in [0.2, 0.25) is 5.78 Å². The number of carbonyl (C=O) groups is 1. The minimum atomic E-state index is -1.05. The van der Waals surface area contributed by atoms with Gasteiger partial charge in [0, 0.05) is 12.3 Å². The fourth-order valence-electron chi connectivity index (χ4n) is 1.42. The van der Waals surface area contributed by atoms with Crippen molar-refractivity contribution in [3.63, 3.8) is 0 Å². The standard InChI is InChI=1S/C13H22O2/c1-6-9-13(15,10-8-11(3)14)12(4,5)7-2/h15H,6-7,9H2,1-5H3. The molecule has 0 aliphatic rings. The predicted molar refractivity (Wildman–Crippen MR) is 62.4 cm³/mol. The Balaban J connectivity index is 5.08. The van der Waals surface area contributed by atoms with Gasteiger partial charge in [0.25, 0.3) is 0 Å². The molecule has 1 unspecified atom stereocenters. The van der Waals surface area contributed by atoms with Crippen LogP contribution < -0.4 is 0 Å². The third kappa shape index (κ3) is 3.68. The first-order valence-electron chi connectivity index (χ1n) is 5.55. The third-order valence-corrected chi connectivity index (χ3v) is 3.06. The summed E-state index contributed by atoms with van der Waals surface area (Å²) in [5.74, 6) is 5.02. The third-order valence-electron chi connectivity index (χ3n) is 3.06. The SMILES string of the molecule is CCCC(O)(C#CC(C)=O)C(C)(C)CC. The minimum absolute atomic E-state index is 0.198. The van der Waals surface area contributed by atoms with Crippen LogP contribution in [-0.4, -0.2) is 16.5 Å². The normalized spacial score (nSPS) is 15.1. The molecule has 0 rings (SSSR count). The maximum Gasteiger partial charge on any atom is 0.202 e. The van der Waals surface area contributed by atoms with E-state index in [1.165, 1.54) is 6.92 Å². The molecule has 0 radical (unpaired) electrons. The van der Waals surface area contributed by atoms with Crippen LogP contribution in [-0.2, 0) is 4.79 Å². The first-order valence-corrected chi connectivity index (χ1v) is 5.55. The molecule has 0 aliphatic heterocycles. The number of ketones is 1. The lowest BCUT2D eigenvalue weighted by Crippen LogP contribution is -2.43. The highest BCUT2D eigenvalue weighted by molar-refractivity contribution is 5.93. The summed E-state index contributed by atoms with van der Waals surface area (Å²) in [6, 6.07) is 0. The maximum atomic E-state index is 10.8. The molecule has 86 valence electrons. The van der Waals surface area contributed by atoms with Crippen LogP contribution in [0.25, 0.3) is 0 Å². The smallest absolute Gasteiger partial charge is 0.202 e. The summed E-state index contributed by atoms with van der Waals surface area (Å²) < 4.78 is 0. The van der Waals surface area contributed by atoms with E-state index in [1.807, 2.05) is 27.7 Å². The van der Waals surface area contributed by atoms with Gasteiger partial charge >= 0.3 is 0 Å². The summed E-state index contributed by atoms with van der Waals surface area (Å²) in [4.78, 5) is 10.8. The lowest BCUT2D eigenvalue weighted by atomic mass is 9.71. The number of rotatable bonds is 4. The minimum Gasteiger partial charge on any atom is -0.377 e. The number of carbonyl (C=O) groups excluding carboxylic acids is 1. The highest BCUT2D eigenvalue weighted by Gasteiger charge is 2.39. The first-order chi connectivity index (χ1) is 6.79. The molecule has 0 saturated heterocycles. The molecule has 1 atom stereocenters. The van der Waals surface area contributed by atoms with Crippen LogP contribution in [0.1, 0.15) is 53.9 Å². The quantitative estimate of drug-likeness (QED) is 0.572. The van der Waals surface area contributed by atoms with Gasteiger partial charge in [0.1, 0.15) is 5.60 Å². The lowest BCUT2D eigenvalue weighted by Gasteiger charge is -2.38. The Morgan fingerprint density at radius 3 is 2.20 bits per heavy atom. The van der Waals surface area contributed by atoms with Crippen molar-refractivity contribution in [3.8, 4) is 11.8 Å². The fraction of sp³-hybridized carbons (Fsp3) is 0.769. The van der Waals surface area contributed by atoms with Gasteiger partial charge in [-0.1, -0.05) is 40.0 Å². The van der Waals surface area contributed by atoms with Gasteiger partial charge in [0.05, 0.1) is 0 Å². The highest BCUT2D eigenvalue weighted by Crippen LogP contribution is 2.37. The van der Waals surface area contributed by atoms with Crippen LogP contribution in [0.2, 0.25) is 0 Å². The molecule has 15 heavy (non-hydrogen) atoms. The molecule has 1 N–H and O–H groups in total. The number of Topliss-reactive ketones (excluding diaryl/α,β-unsaturated/α-hetero) is 1. The van der Waals surface area contributed by atoms with Gasteiger partial charge in [-0.05, 0) is 18.8 Å². The van der Waals surface area contributed by atoms with E-state index in [4.69, 9.17) is 0 Å². The van der Waals surface area contributed by atoms with Crippen molar-refractivity contribution in [3.05, 3.63) is 0 Å². The molecule has 0 fully saturated rings. The molecule has 0 bridgehead atoms. The Labute approximate surface area is 93.1 Å². The average molecular weight is 210 g/mol. The molecule has 0 spiro atoms. The second kappa shape index (κ2) is 5.32. The summed E-state index contributed by atoms with van der Waals surface area (Å²) in [7, 11) is 0. The topological polar surface area (TPSA) is 37.3 Å². The lowest BCUT2D eigenvalue weighted by molar-refractivity contribution is -0.112. The van der Waals surface area contributed by atoms with E-state index < -0.39 is 5.60 Å². The summed E-state index contributed by atoms with van der Waals surface area (Å²) in [6.45, 7) is 9.41. The van der Waals surface area contributed by atoms with Crippen LogP contribution >= 0.6 is 0 Å². The van der Waals surface area contributed by atoms with Crippen molar-refractivity contribution >= 4 is 5.78 Å². The zero-order chi connectivity index (χ0) is 12.1. The van der Waals surface area contributed by atoms with Crippen LogP contribution in [0.3, 0.4) is 0 Å². The molecule has 0 aromatic heterocycles. The average Bonchev–Trinajstić information content (AvgIpc) is 2.15. The molecule has 2 nitrogen and oxygen atoms in total. The Kier molecular flexibility index (Phi) is 5.03. The number of hydrogen-bond acceptors (Lipinski definition) is 2. The second-order valence-electron chi connectivity index (χ2n) is 4.65. The maximum absolute atomic E-state index is 10.8. The van der Waals surface area contributed by atoms with Crippen molar-refractivity contribution in [2.75, 3.05) is 0 Å². The van der Waals surface area contributed by atoms with E-state index >= 15 is 0 Å². The van der Waals surface area contributed by atoms with Gasteiger partial charge < -0.3 is 5.11 Å². The van der Waals surface area contributed by atoms with Crippen LogP contribution in [0.5, 0.6) is 0 Å². The summed E-state index contributed by atoms with van der Waals surface area (Å²) >= 11 is 0. The molecule has 0 aromatic rings. The Morgan fingerprint density at radius 2 is 1.87 bits per heavy atom. The summed E-state index contributed by atoms with van der Waals surface area (Å²) in [5.41, 5.74) is -1.34. The molecule has 0 aromatic carbocycles. The van der Waals surface area contributed by atoms with Crippen molar-refractivity contribution in [2.45, 2.75) is 59.5 Å². The van der Waals surface area contributed by atoms with E-state index in [0.29, 0.717) is 6.42 Å². The van der Waals surface area contributed by atoms with E-state index in [1.54, 1.807) is 0 Å². The molecule has 0 saturated carbocycles. The highest BCUT2D eigenvalue weighted by atomic mass is 16.3. The van der Waals surface area contributed by atoms with Crippen molar-refractivity contribution < 1.29 is 9.90 Å². The molecule has 0 amide bonds. The molecular weight excluding hydrogens is 188 g/mol. The largest absolute Gasteiger partial charge is 0.377 e. The van der Waals surface area contributed by atoms with Crippen LogP contribution in [0.15, 0.2) is 0 Å². The zero-order valence-corrected chi connectivity index (χ0v) is 10.5. The zero-order valence-electron chi connectivity index (χ0n) is 10.5. The van der Waals surface area contributed by atoms with E-state index in [0.717, 1.165) is 12.8 Å².